The number of benzene rings is 8. The van der Waals surface area contributed by atoms with E-state index in [1.54, 1.807) is 0 Å². The molecule has 2 heterocycles. The second kappa shape index (κ2) is 13.9. The van der Waals surface area contributed by atoms with E-state index in [1.165, 1.54) is 0 Å². The minimum atomic E-state index is 0.670. The van der Waals surface area contributed by atoms with Crippen LogP contribution < -0.4 is 0 Å². The van der Waals surface area contributed by atoms with E-state index in [9.17, 15) is 0 Å². The molecule has 55 heavy (non-hydrogen) atoms. The monoisotopic (exact) mass is 701 g/mol. The van der Waals surface area contributed by atoms with E-state index in [0.29, 0.717) is 5.82 Å². The van der Waals surface area contributed by atoms with Crippen molar-refractivity contribution in [2.75, 3.05) is 0 Å². The molecular weight excluding hydrogens is 667 g/mol. The average molecular weight is 702 g/mol. The fourth-order valence-corrected chi connectivity index (χ4v) is 7.74. The Kier molecular flexibility index (Phi) is 8.16. The lowest BCUT2D eigenvalue weighted by Gasteiger charge is -2.15. The van der Waals surface area contributed by atoms with Gasteiger partial charge in [0.2, 0.25) is 0 Å². The highest BCUT2D eigenvalue weighted by molar-refractivity contribution is 6.14. The molecule has 3 nitrogen and oxygen atoms in total. The standard InChI is InChI=1S/C52H35N3/c1-6-18-36(19-7-1)40-30-41(37-20-8-2-9-21-37)33-44(32-40)50-49-47-28-16-17-29-48(47)55(46-26-14-5-15-27-46)52(49)54-51(53-50)45-34-42(38-22-10-3-11-23-38)31-43(35-45)39-24-12-4-13-25-39/h1-35H. The fraction of sp³-hybridized carbons (Fsp3) is 0. The Morgan fingerprint density at radius 2 is 0.691 bits per heavy atom. The summed E-state index contributed by atoms with van der Waals surface area (Å²) in [5.74, 6) is 0.670. The third-order valence-electron chi connectivity index (χ3n) is 10.4. The van der Waals surface area contributed by atoms with Crippen LogP contribution in [-0.4, -0.2) is 14.5 Å². The van der Waals surface area contributed by atoms with Crippen molar-refractivity contribution in [2.45, 2.75) is 0 Å². The summed E-state index contributed by atoms with van der Waals surface area (Å²) in [5.41, 5.74) is 15.0. The third-order valence-corrected chi connectivity index (χ3v) is 10.4. The maximum atomic E-state index is 5.61. The predicted octanol–water partition coefficient (Wildman–Crippen LogP) is 13.6. The van der Waals surface area contributed by atoms with E-state index in [1.807, 2.05) is 0 Å². The molecule has 0 aliphatic rings. The molecule has 0 atom stereocenters. The molecule has 0 aliphatic carbocycles. The number of para-hydroxylation sites is 2. The van der Waals surface area contributed by atoms with Gasteiger partial charge in [0.25, 0.3) is 0 Å². The van der Waals surface area contributed by atoms with E-state index in [0.717, 1.165) is 89.0 Å². The zero-order valence-electron chi connectivity index (χ0n) is 30.0. The zero-order valence-corrected chi connectivity index (χ0v) is 30.0. The summed E-state index contributed by atoms with van der Waals surface area (Å²) >= 11 is 0. The smallest absolute Gasteiger partial charge is 0.162 e. The Morgan fingerprint density at radius 1 is 0.309 bits per heavy atom. The Morgan fingerprint density at radius 3 is 1.16 bits per heavy atom. The SMILES string of the molecule is c1ccc(-c2cc(-c3ccccc3)cc(-c3nc(-c4cc(-c5ccccc5)cc(-c5ccccc5)c4)c4c5ccccc5n(-c5ccccc5)c4n3)c2)cc1. The minimum absolute atomic E-state index is 0.670. The Balaban J connectivity index is 1.32. The highest BCUT2D eigenvalue weighted by Gasteiger charge is 2.22. The van der Waals surface area contributed by atoms with Crippen molar-refractivity contribution in [3.8, 4) is 72.8 Å². The van der Waals surface area contributed by atoms with Gasteiger partial charge < -0.3 is 0 Å². The van der Waals surface area contributed by atoms with Gasteiger partial charge in [0.15, 0.2) is 5.82 Å². The lowest BCUT2D eigenvalue weighted by Crippen LogP contribution is -2.00. The van der Waals surface area contributed by atoms with E-state index in [4.69, 9.17) is 9.97 Å². The first-order valence-corrected chi connectivity index (χ1v) is 18.7. The van der Waals surface area contributed by atoms with Crippen LogP contribution in [0.3, 0.4) is 0 Å². The van der Waals surface area contributed by atoms with Crippen LogP contribution in [0.15, 0.2) is 212 Å². The second-order valence-electron chi connectivity index (χ2n) is 13.8. The number of hydrogen-bond donors (Lipinski definition) is 0. The first kappa shape index (κ1) is 32.3. The molecule has 0 aliphatic heterocycles. The number of aromatic nitrogens is 3. The van der Waals surface area contributed by atoms with Crippen molar-refractivity contribution in [3.63, 3.8) is 0 Å². The molecule has 2 aromatic heterocycles. The van der Waals surface area contributed by atoms with Gasteiger partial charge in [0.1, 0.15) is 5.65 Å². The van der Waals surface area contributed by atoms with Gasteiger partial charge in [-0.1, -0.05) is 158 Å². The van der Waals surface area contributed by atoms with Gasteiger partial charge in [0.05, 0.1) is 16.6 Å². The molecule has 0 radical (unpaired) electrons. The Bertz CT molecular complexity index is 2820. The summed E-state index contributed by atoms with van der Waals surface area (Å²) in [6, 6.07) is 75.1. The van der Waals surface area contributed by atoms with E-state index in [2.05, 4.69) is 217 Å². The minimum Gasteiger partial charge on any atom is -0.294 e. The maximum Gasteiger partial charge on any atom is 0.162 e. The van der Waals surface area contributed by atoms with Crippen LogP contribution >= 0.6 is 0 Å². The molecule has 10 rings (SSSR count). The third kappa shape index (κ3) is 6.08. The van der Waals surface area contributed by atoms with Gasteiger partial charge in [-0.3, -0.25) is 4.57 Å². The summed E-state index contributed by atoms with van der Waals surface area (Å²) in [6.07, 6.45) is 0. The van der Waals surface area contributed by atoms with Crippen LogP contribution in [0.2, 0.25) is 0 Å². The normalized spacial score (nSPS) is 11.3. The van der Waals surface area contributed by atoms with Crippen LogP contribution in [0, 0.1) is 0 Å². The predicted molar refractivity (Wildman–Crippen MR) is 229 cm³/mol. The molecule has 0 N–H and O–H groups in total. The highest BCUT2D eigenvalue weighted by Crippen LogP contribution is 2.41. The summed E-state index contributed by atoms with van der Waals surface area (Å²) in [6.45, 7) is 0. The van der Waals surface area contributed by atoms with Gasteiger partial charge >= 0.3 is 0 Å². The lowest BCUT2D eigenvalue weighted by molar-refractivity contribution is 1.11. The number of rotatable bonds is 7. The molecule has 8 aromatic carbocycles. The van der Waals surface area contributed by atoms with E-state index < -0.39 is 0 Å². The number of fused-ring (bicyclic) bond motifs is 3. The van der Waals surface area contributed by atoms with Crippen molar-refractivity contribution in [1.29, 1.82) is 0 Å². The van der Waals surface area contributed by atoms with Crippen LogP contribution in [0.5, 0.6) is 0 Å². The topological polar surface area (TPSA) is 30.7 Å². The van der Waals surface area contributed by atoms with Gasteiger partial charge in [-0.05, 0) is 99.1 Å². The molecule has 258 valence electrons. The van der Waals surface area contributed by atoms with Gasteiger partial charge in [-0.15, -0.1) is 0 Å². The molecule has 0 amide bonds. The molecule has 0 bridgehead atoms. The van der Waals surface area contributed by atoms with Crippen molar-refractivity contribution in [3.05, 3.63) is 212 Å². The number of hydrogen-bond acceptors (Lipinski definition) is 2. The first-order valence-electron chi connectivity index (χ1n) is 18.7. The average Bonchev–Trinajstić information content (AvgIpc) is 3.61. The fourth-order valence-electron chi connectivity index (χ4n) is 7.74. The molecular formula is C52H35N3. The van der Waals surface area contributed by atoms with Crippen LogP contribution in [0.1, 0.15) is 0 Å². The zero-order chi connectivity index (χ0) is 36.6. The molecule has 3 heteroatoms. The molecule has 0 unspecified atom stereocenters. The second-order valence-corrected chi connectivity index (χ2v) is 13.8. The van der Waals surface area contributed by atoms with Crippen molar-refractivity contribution in [2.24, 2.45) is 0 Å². The van der Waals surface area contributed by atoms with Gasteiger partial charge in [0, 0.05) is 22.2 Å². The van der Waals surface area contributed by atoms with Gasteiger partial charge in [-0.2, -0.15) is 0 Å². The quantitative estimate of drug-likeness (QED) is 0.166. The van der Waals surface area contributed by atoms with E-state index >= 15 is 0 Å². The van der Waals surface area contributed by atoms with Crippen LogP contribution in [-0.2, 0) is 0 Å². The lowest BCUT2D eigenvalue weighted by atomic mass is 9.93. The molecule has 0 spiro atoms. The van der Waals surface area contributed by atoms with Crippen molar-refractivity contribution in [1.82, 2.24) is 14.5 Å². The Labute approximate surface area is 320 Å². The van der Waals surface area contributed by atoms with Gasteiger partial charge in [-0.25, -0.2) is 9.97 Å². The first-order chi connectivity index (χ1) is 27.3. The molecule has 0 saturated carbocycles. The van der Waals surface area contributed by atoms with Crippen molar-refractivity contribution >= 4 is 21.9 Å². The van der Waals surface area contributed by atoms with Crippen molar-refractivity contribution < 1.29 is 0 Å². The molecule has 0 saturated heterocycles. The molecule has 10 aromatic rings. The summed E-state index contributed by atoms with van der Waals surface area (Å²) in [5, 5.41) is 2.13. The molecule has 0 fully saturated rings. The summed E-state index contributed by atoms with van der Waals surface area (Å²) in [4.78, 5) is 11.1. The number of nitrogens with zero attached hydrogens (tertiary/aromatic N) is 3. The summed E-state index contributed by atoms with van der Waals surface area (Å²) in [7, 11) is 0. The summed E-state index contributed by atoms with van der Waals surface area (Å²) < 4.78 is 2.29. The highest BCUT2D eigenvalue weighted by atomic mass is 15.1. The Hall–Kier alpha value is -7.36. The van der Waals surface area contributed by atoms with Crippen LogP contribution in [0.4, 0.5) is 0 Å². The van der Waals surface area contributed by atoms with E-state index in [-0.39, 0.29) is 0 Å². The maximum absolute atomic E-state index is 5.61. The van der Waals surface area contributed by atoms with Crippen LogP contribution in [0.25, 0.3) is 94.8 Å². The largest absolute Gasteiger partial charge is 0.294 e.